The third-order valence-electron chi connectivity index (χ3n) is 3.66. The van der Waals surface area contributed by atoms with Crippen LogP contribution in [0, 0.1) is 0 Å². The standard InChI is InChI=1S/C18H20N4S2/c1-4-7-15-12-16-17(23-15)19-18(24-16)21-20-13-8-10-14(11-9-13)22(5-2)6-3/h4,7-12H,5-6H2,1-3H3. The molecule has 0 fully saturated rings. The summed E-state index contributed by atoms with van der Waals surface area (Å²) in [6.45, 7) is 8.34. The lowest BCUT2D eigenvalue weighted by Crippen LogP contribution is -2.21. The number of anilines is 1. The Morgan fingerprint density at radius 2 is 1.83 bits per heavy atom. The van der Waals surface area contributed by atoms with Crippen LogP contribution in [0.4, 0.5) is 16.5 Å². The van der Waals surface area contributed by atoms with Gasteiger partial charge in [-0.3, -0.25) is 0 Å². The summed E-state index contributed by atoms with van der Waals surface area (Å²) in [5.74, 6) is 0. The van der Waals surface area contributed by atoms with Crippen LogP contribution in [0.1, 0.15) is 25.6 Å². The fourth-order valence-electron chi connectivity index (χ4n) is 2.45. The van der Waals surface area contributed by atoms with Gasteiger partial charge in [0, 0.05) is 23.7 Å². The highest BCUT2D eigenvalue weighted by molar-refractivity contribution is 7.29. The SMILES string of the molecule is CC=Cc1cc2sc(N=Nc3ccc(N(CC)CC)cc3)nc2s1. The van der Waals surface area contributed by atoms with Crippen LogP contribution in [0.5, 0.6) is 0 Å². The molecule has 3 rings (SSSR count). The predicted octanol–water partition coefficient (Wildman–Crippen LogP) is 6.65. The van der Waals surface area contributed by atoms with Gasteiger partial charge in [0.15, 0.2) is 0 Å². The second-order valence-corrected chi connectivity index (χ2v) is 7.27. The van der Waals surface area contributed by atoms with Gasteiger partial charge >= 0.3 is 0 Å². The molecular formula is C18H20N4S2. The molecule has 2 heterocycles. The van der Waals surface area contributed by atoms with E-state index in [9.17, 15) is 0 Å². The molecule has 0 aliphatic heterocycles. The average Bonchev–Trinajstić information content (AvgIpc) is 3.13. The normalized spacial score (nSPS) is 12.0. The third kappa shape index (κ3) is 3.71. The van der Waals surface area contributed by atoms with Gasteiger partial charge in [0.25, 0.3) is 0 Å². The minimum absolute atomic E-state index is 0.705. The monoisotopic (exact) mass is 356 g/mol. The van der Waals surface area contributed by atoms with Gasteiger partial charge < -0.3 is 4.90 Å². The van der Waals surface area contributed by atoms with E-state index in [-0.39, 0.29) is 0 Å². The number of hydrogen-bond donors (Lipinski definition) is 0. The Labute approximate surface area is 150 Å². The van der Waals surface area contributed by atoms with E-state index in [1.165, 1.54) is 15.3 Å². The van der Waals surface area contributed by atoms with Crippen LogP contribution in [0.25, 0.3) is 15.6 Å². The van der Waals surface area contributed by atoms with E-state index in [1.54, 1.807) is 22.7 Å². The molecule has 24 heavy (non-hydrogen) atoms. The minimum Gasteiger partial charge on any atom is -0.372 e. The van der Waals surface area contributed by atoms with E-state index >= 15 is 0 Å². The van der Waals surface area contributed by atoms with Crippen molar-refractivity contribution in [2.45, 2.75) is 20.8 Å². The quantitative estimate of drug-likeness (QED) is 0.464. The number of thiophene rings is 1. The Bertz CT molecular complexity index is 823. The fraction of sp³-hybridized carbons (Fsp3) is 0.278. The van der Waals surface area contributed by atoms with Crippen molar-refractivity contribution in [1.82, 2.24) is 4.98 Å². The average molecular weight is 357 g/mol. The number of nitrogens with zero attached hydrogens (tertiary/aromatic N) is 4. The summed E-state index contributed by atoms with van der Waals surface area (Å²) < 4.78 is 1.17. The van der Waals surface area contributed by atoms with Crippen molar-refractivity contribution in [1.29, 1.82) is 0 Å². The molecule has 0 saturated heterocycles. The van der Waals surface area contributed by atoms with E-state index in [4.69, 9.17) is 0 Å². The van der Waals surface area contributed by atoms with Crippen LogP contribution in [0.15, 0.2) is 46.6 Å². The van der Waals surface area contributed by atoms with Gasteiger partial charge in [-0.05, 0) is 57.2 Å². The van der Waals surface area contributed by atoms with Gasteiger partial charge in [-0.2, -0.15) is 0 Å². The first-order valence-electron chi connectivity index (χ1n) is 8.03. The van der Waals surface area contributed by atoms with E-state index in [1.807, 2.05) is 25.1 Å². The van der Waals surface area contributed by atoms with E-state index in [2.05, 4.69) is 58.2 Å². The van der Waals surface area contributed by atoms with Gasteiger partial charge in [0.1, 0.15) is 4.83 Å². The van der Waals surface area contributed by atoms with Crippen molar-refractivity contribution in [3.05, 3.63) is 41.3 Å². The molecule has 0 bridgehead atoms. The molecule has 0 spiro atoms. The molecule has 0 amide bonds. The molecule has 0 radical (unpaired) electrons. The summed E-state index contributed by atoms with van der Waals surface area (Å²) in [7, 11) is 0. The highest BCUT2D eigenvalue weighted by Gasteiger charge is 2.07. The van der Waals surface area contributed by atoms with Gasteiger partial charge in [-0.25, -0.2) is 4.98 Å². The van der Waals surface area contributed by atoms with Gasteiger partial charge in [-0.1, -0.05) is 17.4 Å². The number of aromatic nitrogens is 1. The maximum Gasteiger partial charge on any atom is 0.231 e. The first kappa shape index (κ1) is 16.8. The highest BCUT2D eigenvalue weighted by atomic mass is 32.1. The lowest BCUT2D eigenvalue weighted by Gasteiger charge is -2.20. The molecule has 0 N–H and O–H groups in total. The summed E-state index contributed by atoms with van der Waals surface area (Å²) in [5.41, 5.74) is 2.06. The Hall–Kier alpha value is -2.05. The van der Waals surface area contributed by atoms with Crippen LogP contribution >= 0.6 is 22.7 Å². The van der Waals surface area contributed by atoms with Gasteiger partial charge in [0.2, 0.25) is 5.13 Å². The van der Waals surface area contributed by atoms with Crippen molar-refractivity contribution in [3.63, 3.8) is 0 Å². The Morgan fingerprint density at radius 1 is 1.08 bits per heavy atom. The molecule has 0 unspecified atom stereocenters. The molecule has 0 aliphatic rings. The van der Waals surface area contributed by atoms with E-state index in [0.717, 1.165) is 23.6 Å². The van der Waals surface area contributed by atoms with E-state index < -0.39 is 0 Å². The number of benzene rings is 1. The number of allylic oxidation sites excluding steroid dienone is 1. The Kier molecular flexibility index (Phi) is 5.37. The smallest absolute Gasteiger partial charge is 0.231 e. The van der Waals surface area contributed by atoms with Gasteiger partial charge in [-0.15, -0.1) is 21.6 Å². The third-order valence-corrected chi connectivity index (χ3v) is 5.67. The summed E-state index contributed by atoms with van der Waals surface area (Å²) in [6.07, 6.45) is 4.13. The molecule has 0 aliphatic carbocycles. The minimum atomic E-state index is 0.705. The molecule has 2 aromatic heterocycles. The van der Waals surface area contributed by atoms with Crippen molar-refractivity contribution in [2.75, 3.05) is 18.0 Å². The lowest BCUT2D eigenvalue weighted by molar-refractivity contribution is 0.866. The number of fused-ring (bicyclic) bond motifs is 1. The maximum absolute atomic E-state index is 4.54. The molecule has 124 valence electrons. The van der Waals surface area contributed by atoms with Crippen LogP contribution in [0.2, 0.25) is 0 Å². The lowest BCUT2D eigenvalue weighted by atomic mass is 10.2. The Morgan fingerprint density at radius 3 is 2.46 bits per heavy atom. The largest absolute Gasteiger partial charge is 0.372 e. The number of rotatable bonds is 6. The summed E-state index contributed by atoms with van der Waals surface area (Å²) >= 11 is 3.26. The summed E-state index contributed by atoms with van der Waals surface area (Å²) in [4.78, 5) is 9.09. The molecule has 0 atom stereocenters. The predicted molar refractivity (Wildman–Crippen MR) is 106 cm³/mol. The van der Waals surface area contributed by atoms with Crippen LogP contribution < -0.4 is 4.90 Å². The zero-order chi connectivity index (χ0) is 16.9. The molecule has 1 aromatic carbocycles. The molecule has 3 aromatic rings. The second kappa shape index (κ2) is 7.68. The summed E-state index contributed by atoms with van der Waals surface area (Å²) in [5, 5.41) is 9.30. The molecular weight excluding hydrogens is 336 g/mol. The fourth-order valence-corrected chi connectivity index (χ4v) is 4.46. The Balaban J connectivity index is 1.74. The zero-order valence-corrected chi connectivity index (χ0v) is 15.7. The van der Waals surface area contributed by atoms with Crippen molar-refractivity contribution < 1.29 is 0 Å². The van der Waals surface area contributed by atoms with Gasteiger partial charge in [0.05, 0.1) is 10.4 Å². The number of hydrogen-bond acceptors (Lipinski definition) is 6. The van der Waals surface area contributed by atoms with Crippen LogP contribution in [-0.4, -0.2) is 18.1 Å². The molecule has 4 nitrogen and oxygen atoms in total. The first-order chi connectivity index (χ1) is 11.7. The summed E-state index contributed by atoms with van der Waals surface area (Å²) in [6, 6.07) is 10.3. The van der Waals surface area contributed by atoms with Crippen molar-refractivity contribution in [2.24, 2.45) is 10.2 Å². The molecule has 6 heteroatoms. The maximum atomic E-state index is 4.54. The topological polar surface area (TPSA) is 40.9 Å². The first-order valence-corrected chi connectivity index (χ1v) is 9.66. The van der Waals surface area contributed by atoms with Crippen LogP contribution in [-0.2, 0) is 0 Å². The highest BCUT2D eigenvalue weighted by Crippen LogP contribution is 2.35. The van der Waals surface area contributed by atoms with Crippen LogP contribution in [0.3, 0.4) is 0 Å². The second-order valence-electron chi connectivity index (χ2n) is 5.20. The van der Waals surface area contributed by atoms with Crippen molar-refractivity contribution >= 4 is 54.8 Å². The molecule has 0 saturated carbocycles. The number of azo groups is 1. The van der Waals surface area contributed by atoms with E-state index in [0.29, 0.717) is 5.13 Å². The zero-order valence-electron chi connectivity index (χ0n) is 14.1. The van der Waals surface area contributed by atoms with Crippen molar-refractivity contribution in [3.8, 4) is 0 Å². The number of thiazole rings is 1.